The van der Waals surface area contributed by atoms with Gasteiger partial charge in [-0.2, -0.15) is 0 Å². The molecule has 0 spiro atoms. The van der Waals surface area contributed by atoms with Gasteiger partial charge in [-0.25, -0.2) is 9.59 Å². The Labute approximate surface area is 260 Å². The number of aliphatic carboxylic acids is 1. The summed E-state index contributed by atoms with van der Waals surface area (Å²) in [7, 11) is 0. The van der Waals surface area contributed by atoms with Crippen molar-refractivity contribution in [1.29, 1.82) is 0 Å². The van der Waals surface area contributed by atoms with E-state index < -0.39 is 17.6 Å². The van der Waals surface area contributed by atoms with Crippen molar-refractivity contribution in [3.63, 3.8) is 0 Å². The van der Waals surface area contributed by atoms with Crippen molar-refractivity contribution < 1.29 is 28.3 Å². The van der Waals surface area contributed by atoms with Crippen LogP contribution in [0.5, 0.6) is 0 Å². The topological polar surface area (TPSA) is 155 Å². The molecule has 5 rings (SSSR count). The zero-order chi connectivity index (χ0) is 32.2. The zero-order valence-electron chi connectivity index (χ0n) is 26.1. The Hall–Kier alpha value is -4.86. The summed E-state index contributed by atoms with van der Waals surface area (Å²) in [6.07, 6.45) is 4.52. The number of unbranched alkanes of at least 4 members (excludes halogenated alkanes) is 2. The van der Waals surface area contributed by atoms with Crippen LogP contribution in [0.4, 0.5) is 0 Å². The van der Waals surface area contributed by atoms with Crippen molar-refractivity contribution in [3.05, 3.63) is 80.5 Å². The number of nitrogens with one attached hydrogen (secondary N) is 3. The average Bonchev–Trinajstić information content (AvgIpc) is 3.55. The van der Waals surface area contributed by atoms with Gasteiger partial charge in [-0.15, -0.1) is 0 Å². The quantitative estimate of drug-likeness (QED) is 0.0984. The van der Waals surface area contributed by atoms with Gasteiger partial charge in [0.1, 0.15) is 23.0 Å². The minimum absolute atomic E-state index is 0.150. The van der Waals surface area contributed by atoms with Gasteiger partial charge in [0.2, 0.25) is 11.8 Å². The third-order valence-corrected chi connectivity index (χ3v) is 8.68. The van der Waals surface area contributed by atoms with Crippen molar-refractivity contribution in [3.8, 4) is 0 Å². The van der Waals surface area contributed by atoms with E-state index in [0.717, 1.165) is 55.3 Å². The van der Waals surface area contributed by atoms with Crippen LogP contribution in [-0.4, -0.2) is 40.5 Å². The van der Waals surface area contributed by atoms with Crippen molar-refractivity contribution in [2.45, 2.75) is 78.7 Å². The van der Waals surface area contributed by atoms with Gasteiger partial charge in [-0.1, -0.05) is 24.6 Å². The maximum atomic E-state index is 12.9. The molecule has 4 N–H and O–H groups in total. The Morgan fingerprint density at radius 1 is 0.867 bits per heavy atom. The Bertz CT molecular complexity index is 1960. The van der Waals surface area contributed by atoms with Crippen LogP contribution < -0.4 is 16.3 Å². The molecule has 10 heteroatoms. The fraction of sp³-hybridized carbons (Fsp3) is 0.371. The largest absolute Gasteiger partial charge is 0.480 e. The maximum Gasteiger partial charge on any atom is 0.339 e. The van der Waals surface area contributed by atoms with Crippen LogP contribution in [0.3, 0.4) is 0 Å². The standard InChI is InChI=1S/C35H39N3O7/c1-19-22(4)44-32-21(3)33-27(17-26(19)32)20(2)24(35(43)45-33)13-14-30(39)36-15-9-5-6-12-31(40)38-29(34(41)42)16-23-18-37-28-11-8-7-10-25(23)28/h7-8,10-11,17-18,29,37H,5-6,9,12-16H2,1-4H3,(H,36,39)(H,38,40)(H,41,42)/t29-/m1/s1. The molecular formula is C35H39N3O7. The maximum absolute atomic E-state index is 12.9. The molecule has 0 bridgehead atoms. The first-order valence-electron chi connectivity index (χ1n) is 15.3. The van der Waals surface area contributed by atoms with E-state index >= 15 is 0 Å². The summed E-state index contributed by atoms with van der Waals surface area (Å²) in [4.78, 5) is 52.8. The molecule has 5 aromatic rings. The highest BCUT2D eigenvalue weighted by atomic mass is 16.4. The van der Waals surface area contributed by atoms with E-state index in [1.807, 2.05) is 58.0 Å². The number of aromatic nitrogens is 1. The second-order valence-corrected chi connectivity index (χ2v) is 11.7. The number of aryl methyl sites for hydroxylation is 4. The molecular weight excluding hydrogens is 574 g/mol. The van der Waals surface area contributed by atoms with Gasteiger partial charge in [-0.05, 0) is 75.8 Å². The minimum Gasteiger partial charge on any atom is -0.480 e. The SMILES string of the molecule is Cc1oc2c(C)c3oc(=O)c(CCC(=O)NCCCCCC(=O)N[C@H](Cc4c[nH]c5ccccc45)C(=O)O)c(C)c3cc2c1C. The highest BCUT2D eigenvalue weighted by molar-refractivity contribution is 6.00. The molecule has 0 saturated carbocycles. The second kappa shape index (κ2) is 13.4. The van der Waals surface area contributed by atoms with E-state index in [-0.39, 0.29) is 37.5 Å². The number of aromatic amines is 1. The summed E-state index contributed by atoms with van der Waals surface area (Å²) in [6.45, 7) is 8.13. The fourth-order valence-corrected chi connectivity index (χ4v) is 5.91. The minimum atomic E-state index is -1.08. The third-order valence-electron chi connectivity index (χ3n) is 8.68. The number of furan rings is 1. The summed E-state index contributed by atoms with van der Waals surface area (Å²) < 4.78 is 11.6. The molecule has 2 aromatic carbocycles. The average molecular weight is 614 g/mol. The molecule has 0 radical (unpaired) electrons. The number of para-hydroxylation sites is 1. The zero-order valence-corrected chi connectivity index (χ0v) is 26.1. The van der Waals surface area contributed by atoms with Crippen LogP contribution in [0, 0.1) is 27.7 Å². The molecule has 0 fully saturated rings. The van der Waals surface area contributed by atoms with Gasteiger partial charge in [0.15, 0.2) is 0 Å². The van der Waals surface area contributed by atoms with Crippen LogP contribution in [0.25, 0.3) is 32.8 Å². The highest BCUT2D eigenvalue weighted by Crippen LogP contribution is 2.34. The molecule has 0 aliphatic heterocycles. The number of rotatable bonds is 13. The molecule has 3 heterocycles. The number of H-pyrrole nitrogens is 1. The first-order chi connectivity index (χ1) is 21.5. The lowest BCUT2D eigenvalue weighted by molar-refractivity contribution is -0.141. The number of amides is 2. The summed E-state index contributed by atoms with van der Waals surface area (Å²) in [5.74, 6) is -0.734. The van der Waals surface area contributed by atoms with E-state index in [4.69, 9.17) is 8.83 Å². The lowest BCUT2D eigenvalue weighted by Crippen LogP contribution is -2.42. The number of fused-ring (bicyclic) bond motifs is 3. The number of hydrogen-bond acceptors (Lipinski definition) is 6. The van der Waals surface area contributed by atoms with Gasteiger partial charge in [-0.3, -0.25) is 9.59 Å². The number of carboxylic acids is 1. The molecule has 2 amide bonds. The van der Waals surface area contributed by atoms with Crippen LogP contribution >= 0.6 is 0 Å². The Morgan fingerprint density at radius 2 is 1.60 bits per heavy atom. The summed E-state index contributed by atoms with van der Waals surface area (Å²) in [5, 5.41) is 17.9. The Morgan fingerprint density at radius 3 is 2.38 bits per heavy atom. The van der Waals surface area contributed by atoms with Gasteiger partial charge in [0, 0.05) is 64.8 Å². The molecule has 0 aliphatic rings. The van der Waals surface area contributed by atoms with Gasteiger partial charge < -0.3 is 29.6 Å². The van der Waals surface area contributed by atoms with Gasteiger partial charge >= 0.3 is 11.6 Å². The van der Waals surface area contributed by atoms with Crippen molar-refractivity contribution >= 4 is 50.6 Å². The Kier molecular flexibility index (Phi) is 9.41. The first kappa shape index (κ1) is 31.6. The predicted octanol–water partition coefficient (Wildman–Crippen LogP) is 5.68. The monoisotopic (exact) mass is 613 g/mol. The van der Waals surface area contributed by atoms with Crippen LogP contribution in [0.15, 0.2) is 50.2 Å². The third kappa shape index (κ3) is 6.79. The van der Waals surface area contributed by atoms with E-state index in [9.17, 15) is 24.3 Å². The van der Waals surface area contributed by atoms with Crippen LogP contribution in [0.1, 0.15) is 65.7 Å². The molecule has 45 heavy (non-hydrogen) atoms. The van der Waals surface area contributed by atoms with Crippen molar-refractivity contribution in [2.75, 3.05) is 6.54 Å². The fourth-order valence-electron chi connectivity index (χ4n) is 5.91. The number of benzene rings is 2. The molecule has 0 aliphatic carbocycles. The molecule has 3 aromatic heterocycles. The van der Waals surface area contributed by atoms with Crippen molar-refractivity contribution in [1.82, 2.24) is 15.6 Å². The van der Waals surface area contributed by atoms with Gasteiger partial charge in [0.05, 0.1) is 0 Å². The molecule has 0 saturated heterocycles. The van der Waals surface area contributed by atoms with E-state index in [1.165, 1.54) is 0 Å². The highest BCUT2D eigenvalue weighted by Gasteiger charge is 2.22. The summed E-state index contributed by atoms with van der Waals surface area (Å²) in [5.41, 5.74) is 5.67. The molecule has 236 valence electrons. The van der Waals surface area contributed by atoms with E-state index in [0.29, 0.717) is 37.0 Å². The van der Waals surface area contributed by atoms with Gasteiger partial charge in [0.25, 0.3) is 0 Å². The number of hydrogen-bond donors (Lipinski definition) is 4. The number of carbonyl (C=O) groups excluding carboxylic acids is 2. The van der Waals surface area contributed by atoms with E-state index in [2.05, 4.69) is 15.6 Å². The van der Waals surface area contributed by atoms with Crippen molar-refractivity contribution in [2.24, 2.45) is 0 Å². The number of carboxylic acid groups (broad SMARTS) is 1. The second-order valence-electron chi connectivity index (χ2n) is 11.7. The summed E-state index contributed by atoms with van der Waals surface area (Å²) in [6, 6.07) is 8.61. The summed E-state index contributed by atoms with van der Waals surface area (Å²) >= 11 is 0. The predicted molar refractivity (Wildman–Crippen MR) is 173 cm³/mol. The molecule has 0 unspecified atom stereocenters. The molecule has 1 atom stereocenters. The van der Waals surface area contributed by atoms with E-state index in [1.54, 1.807) is 6.20 Å². The normalized spacial score (nSPS) is 12.2. The lowest BCUT2D eigenvalue weighted by Gasteiger charge is -2.14. The van der Waals surface area contributed by atoms with Crippen LogP contribution in [-0.2, 0) is 27.2 Å². The smallest absolute Gasteiger partial charge is 0.339 e. The molecule has 10 nitrogen and oxygen atoms in total. The lowest BCUT2D eigenvalue weighted by atomic mass is 9.98. The Balaban J connectivity index is 1.06. The first-order valence-corrected chi connectivity index (χ1v) is 15.3. The van der Waals surface area contributed by atoms with Crippen LogP contribution in [0.2, 0.25) is 0 Å². The number of carbonyl (C=O) groups is 3.